The van der Waals surface area contributed by atoms with Gasteiger partial charge in [0.25, 0.3) is 0 Å². The molecule has 0 aliphatic carbocycles. The van der Waals surface area contributed by atoms with Crippen LogP contribution in [0.1, 0.15) is 226 Å². The van der Waals surface area contributed by atoms with Gasteiger partial charge in [-0.2, -0.15) is 0 Å². The lowest BCUT2D eigenvalue weighted by molar-refractivity contribution is -0.302. The molecule has 0 aromatic heterocycles. The Balaban J connectivity index is 2.29. The van der Waals surface area contributed by atoms with E-state index in [1.807, 2.05) is 6.08 Å². The lowest BCUT2D eigenvalue weighted by Crippen LogP contribution is -2.60. The molecular formula is C47H91NO8. The third kappa shape index (κ3) is 28.4. The van der Waals surface area contributed by atoms with Crippen molar-refractivity contribution >= 4 is 5.91 Å². The van der Waals surface area contributed by atoms with Crippen LogP contribution in [0.5, 0.6) is 0 Å². The van der Waals surface area contributed by atoms with Crippen LogP contribution < -0.4 is 5.32 Å². The number of amides is 1. The summed E-state index contributed by atoms with van der Waals surface area (Å²) in [5.41, 5.74) is 0. The maximum absolute atomic E-state index is 13.0. The molecule has 1 fully saturated rings. The van der Waals surface area contributed by atoms with Crippen LogP contribution >= 0.6 is 0 Å². The fraction of sp³-hybridized carbons (Fsp3) is 0.936. The molecule has 0 radical (unpaired) electrons. The molecule has 1 aliphatic rings. The molecule has 1 heterocycles. The number of unbranched alkanes of at least 4 members (excludes halogenated alkanes) is 29. The molecule has 7 atom stereocenters. The smallest absolute Gasteiger partial charge is 0.220 e. The fourth-order valence-electron chi connectivity index (χ4n) is 7.74. The van der Waals surface area contributed by atoms with Crippen LogP contribution in [-0.2, 0) is 14.3 Å². The summed E-state index contributed by atoms with van der Waals surface area (Å²) in [5.74, 6) is -0.164. The maximum atomic E-state index is 13.0. The number of carbonyl (C=O) groups excluding carboxylic acids is 1. The number of hydrogen-bond donors (Lipinski definition) is 6. The van der Waals surface area contributed by atoms with E-state index in [1.165, 1.54) is 167 Å². The summed E-state index contributed by atoms with van der Waals surface area (Å²) < 4.78 is 11.2. The molecule has 9 nitrogen and oxygen atoms in total. The van der Waals surface area contributed by atoms with E-state index in [4.69, 9.17) is 9.47 Å². The highest BCUT2D eigenvalue weighted by Gasteiger charge is 2.44. The van der Waals surface area contributed by atoms with E-state index in [0.29, 0.717) is 12.8 Å². The number of ether oxygens (including phenoxy) is 2. The van der Waals surface area contributed by atoms with Gasteiger partial charge >= 0.3 is 0 Å². The topological polar surface area (TPSA) is 149 Å². The van der Waals surface area contributed by atoms with E-state index in [9.17, 15) is 30.3 Å². The third-order valence-corrected chi connectivity index (χ3v) is 11.6. The monoisotopic (exact) mass is 798 g/mol. The number of rotatable bonds is 40. The molecule has 56 heavy (non-hydrogen) atoms. The van der Waals surface area contributed by atoms with Crippen LogP contribution in [0, 0.1) is 0 Å². The predicted molar refractivity (Wildman–Crippen MR) is 231 cm³/mol. The highest BCUT2D eigenvalue weighted by Crippen LogP contribution is 2.23. The molecule has 1 saturated heterocycles. The highest BCUT2D eigenvalue weighted by molar-refractivity contribution is 5.76. The van der Waals surface area contributed by atoms with Crippen LogP contribution in [-0.4, -0.2) is 87.5 Å². The highest BCUT2D eigenvalue weighted by atomic mass is 16.7. The van der Waals surface area contributed by atoms with Crippen molar-refractivity contribution in [3.63, 3.8) is 0 Å². The summed E-state index contributed by atoms with van der Waals surface area (Å²) in [6.07, 6.45) is 36.7. The van der Waals surface area contributed by atoms with Gasteiger partial charge in [0.15, 0.2) is 6.29 Å². The number of aliphatic hydroxyl groups is 5. The van der Waals surface area contributed by atoms with Crippen LogP contribution in [0.25, 0.3) is 0 Å². The van der Waals surface area contributed by atoms with Gasteiger partial charge in [-0.15, -0.1) is 0 Å². The molecule has 0 bridgehead atoms. The lowest BCUT2D eigenvalue weighted by atomic mass is 9.99. The first kappa shape index (κ1) is 52.9. The van der Waals surface area contributed by atoms with Gasteiger partial charge in [0, 0.05) is 6.42 Å². The Hall–Kier alpha value is -1.07. The van der Waals surface area contributed by atoms with E-state index in [0.717, 1.165) is 32.1 Å². The zero-order valence-electron chi connectivity index (χ0n) is 36.4. The standard InChI is InChI=1S/C47H91NO8/c1-3-5-7-9-11-13-15-17-18-19-20-21-22-23-25-27-29-31-33-35-37-43(51)48-40(39-55-47-46(54)45(53)44(52)42(38-49)56-47)41(50)36-34-32-30-28-26-24-16-14-12-10-8-6-4-2/h32,34,40-42,44-47,49-50,52-54H,3-31,33,35-39H2,1-2H3,(H,48,51)/t40-,41+,42+,44+,45?,46?,47+/m0/s1. The summed E-state index contributed by atoms with van der Waals surface area (Å²) in [6, 6.07) is -0.762. The Bertz CT molecular complexity index is 888. The number of hydrogen-bond acceptors (Lipinski definition) is 8. The van der Waals surface area contributed by atoms with Crippen molar-refractivity contribution < 1.29 is 39.8 Å². The number of nitrogens with one attached hydrogen (secondary N) is 1. The molecule has 1 rings (SSSR count). The molecule has 332 valence electrons. The first-order chi connectivity index (χ1) is 27.3. The van der Waals surface area contributed by atoms with Crippen molar-refractivity contribution in [2.45, 2.75) is 269 Å². The summed E-state index contributed by atoms with van der Waals surface area (Å²) in [7, 11) is 0. The summed E-state index contributed by atoms with van der Waals surface area (Å²) in [4.78, 5) is 13.0. The third-order valence-electron chi connectivity index (χ3n) is 11.6. The molecule has 1 amide bonds. The van der Waals surface area contributed by atoms with Crippen molar-refractivity contribution in [1.82, 2.24) is 5.32 Å². The summed E-state index contributed by atoms with van der Waals surface area (Å²) >= 11 is 0. The Kier molecular flexibility index (Phi) is 36.1. The zero-order valence-corrected chi connectivity index (χ0v) is 36.4. The second-order valence-corrected chi connectivity index (χ2v) is 16.9. The lowest BCUT2D eigenvalue weighted by Gasteiger charge is -2.40. The van der Waals surface area contributed by atoms with Crippen LogP contribution in [0.2, 0.25) is 0 Å². The van der Waals surface area contributed by atoms with Gasteiger partial charge in [0.05, 0.1) is 25.4 Å². The molecule has 0 aromatic rings. The van der Waals surface area contributed by atoms with Crippen LogP contribution in [0.3, 0.4) is 0 Å². The Morgan fingerprint density at radius 1 is 0.589 bits per heavy atom. The summed E-state index contributed by atoms with van der Waals surface area (Å²) in [6.45, 7) is 3.80. The predicted octanol–water partition coefficient (Wildman–Crippen LogP) is 10.1. The first-order valence-corrected chi connectivity index (χ1v) is 23.9. The molecule has 0 saturated carbocycles. The number of allylic oxidation sites excluding steroid dienone is 1. The SMILES string of the molecule is CCCCCCCCCCCCC=CC[C@@H](O)[C@H](CO[C@@H]1O[C@H](CO)[C@@H](O)C(O)C1O)NC(=O)CCCCCCCCCCCCCCCCCCCCCC. The van der Waals surface area contributed by atoms with Gasteiger partial charge in [-0.05, 0) is 25.7 Å². The Morgan fingerprint density at radius 3 is 1.43 bits per heavy atom. The molecule has 6 N–H and O–H groups in total. The van der Waals surface area contributed by atoms with Crippen LogP contribution in [0.4, 0.5) is 0 Å². The van der Waals surface area contributed by atoms with E-state index >= 15 is 0 Å². The Morgan fingerprint density at radius 2 is 1.00 bits per heavy atom. The van der Waals surface area contributed by atoms with Crippen molar-refractivity contribution in [2.75, 3.05) is 13.2 Å². The minimum atomic E-state index is -1.56. The van der Waals surface area contributed by atoms with Crippen molar-refractivity contribution in [3.05, 3.63) is 12.2 Å². The number of aliphatic hydroxyl groups excluding tert-OH is 5. The normalized spacial score (nSPS) is 21.2. The first-order valence-electron chi connectivity index (χ1n) is 23.9. The van der Waals surface area contributed by atoms with Gasteiger partial charge in [-0.25, -0.2) is 0 Å². The molecule has 1 aliphatic heterocycles. The van der Waals surface area contributed by atoms with Gasteiger partial charge in [0.2, 0.25) is 5.91 Å². The van der Waals surface area contributed by atoms with E-state index in [1.54, 1.807) is 0 Å². The van der Waals surface area contributed by atoms with Crippen molar-refractivity contribution in [2.24, 2.45) is 0 Å². The Labute approximate surface area is 344 Å². The average molecular weight is 798 g/mol. The summed E-state index contributed by atoms with van der Waals surface area (Å²) in [5, 5.41) is 54.2. The van der Waals surface area contributed by atoms with Gasteiger partial charge < -0.3 is 40.3 Å². The second kappa shape index (κ2) is 38.2. The minimum absolute atomic E-state index is 0.164. The molecular weight excluding hydrogens is 707 g/mol. The molecule has 0 aromatic carbocycles. The van der Waals surface area contributed by atoms with E-state index in [-0.39, 0.29) is 12.5 Å². The maximum Gasteiger partial charge on any atom is 0.220 e. The van der Waals surface area contributed by atoms with Crippen LogP contribution in [0.15, 0.2) is 12.2 Å². The minimum Gasteiger partial charge on any atom is -0.394 e. The number of carbonyl (C=O) groups is 1. The second-order valence-electron chi connectivity index (χ2n) is 16.9. The molecule has 9 heteroatoms. The van der Waals surface area contributed by atoms with E-state index in [2.05, 4.69) is 25.2 Å². The zero-order chi connectivity index (χ0) is 40.9. The fourth-order valence-corrected chi connectivity index (χ4v) is 7.74. The molecule has 2 unspecified atom stereocenters. The van der Waals surface area contributed by atoms with E-state index < -0.39 is 49.5 Å². The van der Waals surface area contributed by atoms with Crippen molar-refractivity contribution in [3.8, 4) is 0 Å². The van der Waals surface area contributed by atoms with Gasteiger partial charge in [-0.1, -0.05) is 206 Å². The largest absolute Gasteiger partial charge is 0.394 e. The van der Waals surface area contributed by atoms with Gasteiger partial charge in [0.1, 0.15) is 24.4 Å². The van der Waals surface area contributed by atoms with Gasteiger partial charge in [-0.3, -0.25) is 4.79 Å². The molecule has 0 spiro atoms. The van der Waals surface area contributed by atoms with Crippen molar-refractivity contribution in [1.29, 1.82) is 0 Å². The quantitative estimate of drug-likeness (QED) is 0.0265. The average Bonchev–Trinajstić information content (AvgIpc) is 3.20.